The molecule has 1 aromatic rings. The number of aliphatic hydroxyl groups excluding tert-OH is 1. The molecule has 0 aromatic carbocycles. The third-order valence-electron chi connectivity index (χ3n) is 3.50. The summed E-state index contributed by atoms with van der Waals surface area (Å²) in [7, 11) is 0. The van der Waals surface area contributed by atoms with Crippen molar-refractivity contribution >= 4 is 17.3 Å². The summed E-state index contributed by atoms with van der Waals surface area (Å²) in [6.45, 7) is 6.32. The number of pyridine rings is 1. The lowest BCUT2D eigenvalue weighted by Gasteiger charge is -2.34. The first-order valence-corrected chi connectivity index (χ1v) is 7.13. The van der Waals surface area contributed by atoms with Crippen LogP contribution in [-0.4, -0.2) is 65.8 Å². The highest BCUT2D eigenvalue weighted by Gasteiger charge is 2.25. The minimum Gasteiger partial charge on any atom is -0.395 e. The van der Waals surface area contributed by atoms with Gasteiger partial charge in [0.1, 0.15) is 5.82 Å². The van der Waals surface area contributed by atoms with Crippen molar-refractivity contribution in [3.05, 3.63) is 22.2 Å². The Kier molecular flexibility index (Phi) is 5.29. The largest absolute Gasteiger partial charge is 0.395 e. The minimum absolute atomic E-state index is 0.0345. The summed E-state index contributed by atoms with van der Waals surface area (Å²) >= 11 is 0. The van der Waals surface area contributed by atoms with Crippen molar-refractivity contribution in [3.8, 4) is 0 Å². The van der Waals surface area contributed by atoms with Crippen molar-refractivity contribution in [2.75, 3.05) is 56.1 Å². The fourth-order valence-electron chi connectivity index (χ4n) is 2.42. The molecular formula is C13H21N5O3. The van der Waals surface area contributed by atoms with Crippen LogP contribution in [0.15, 0.2) is 12.1 Å². The van der Waals surface area contributed by atoms with Crippen molar-refractivity contribution in [3.63, 3.8) is 0 Å². The molecule has 1 saturated heterocycles. The first-order chi connectivity index (χ1) is 10.2. The third-order valence-corrected chi connectivity index (χ3v) is 3.50. The predicted octanol–water partition coefficient (Wildman–Crippen LogP) is 0.536. The molecule has 0 radical (unpaired) electrons. The minimum atomic E-state index is -0.391. The zero-order chi connectivity index (χ0) is 15.2. The van der Waals surface area contributed by atoms with Crippen LogP contribution in [0.5, 0.6) is 0 Å². The van der Waals surface area contributed by atoms with E-state index < -0.39 is 4.92 Å². The second-order valence-corrected chi connectivity index (χ2v) is 4.88. The number of nitrogens with one attached hydrogen (secondary N) is 1. The fraction of sp³-hybridized carbons (Fsp3) is 0.615. The monoisotopic (exact) mass is 295 g/mol. The first kappa shape index (κ1) is 15.5. The van der Waals surface area contributed by atoms with E-state index in [1.807, 2.05) is 11.8 Å². The van der Waals surface area contributed by atoms with E-state index in [9.17, 15) is 10.1 Å². The van der Waals surface area contributed by atoms with Gasteiger partial charge in [0.15, 0.2) is 0 Å². The highest BCUT2D eigenvalue weighted by molar-refractivity contribution is 5.62. The van der Waals surface area contributed by atoms with Gasteiger partial charge >= 0.3 is 5.69 Å². The number of nitro groups is 1. The van der Waals surface area contributed by atoms with Crippen molar-refractivity contribution in [2.45, 2.75) is 6.92 Å². The maximum Gasteiger partial charge on any atom is 0.311 e. The van der Waals surface area contributed by atoms with E-state index in [1.54, 1.807) is 6.07 Å². The number of aromatic nitrogens is 1. The number of piperazine rings is 1. The van der Waals surface area contributed by atoms with Gasteiger partial charge in [-0.15, -0.1) is 0 Å². The Labute approximate surface area is 123 Å². The van der Waals surface area contributed by atoms with Crippen LogP contribution in [0.25, 0.3) is 0 Å². The molecule has 0 saturated carbocycles. The molecule has 0 aliphatic carbocycles. The molecule has 8 heteroatoms. The van der Waals surface area contributed by atoms with E-state index in [0.29, 0.717) is 37.8 Å². The molecule has 1 aliphatic heterocycles. The lowest BCUT2D eigenvalue weighted by atomic mass is 10.2. The predicted molar refractivity (Wildman–Crippen MR) is 80.8 cm³/mol. The van der Waals surface area contributed by atoms with E-state index in [4.69, 9.17) is 5.11 Å². The molecule has 0 bridgehead atoms. The molecule has 116 valence electrons. The van der Waals surface area contributed by atoms with E-state index >= 15 is 0 Å². The van der Waals surface area contributed by atoms with Crippen molar-refractivity contribution in [1.82, 2.24) is 9.88 Å². The van der Waals surface area contributed by atoms with Crippen molar-refractivity contribution < 1.29 is 10.0 Å². The molecule has 2 N–H and O–H groups in total. The van der Waals surface area contributed by atoms with Crippen LogP contribution >= 0.6 is 0 Å². The van der Waals surface area contributed by atoms with Gasteiger partial charge in [-0.25, -0.2) is 4.98 Å². The Hall–Kier alpha value is -1.93. The Morgan fingerprint density at radius 3 is 2.67 bits per heavy atom. The number of hydrogen-bond acceptors (Lipinski definition) is 7. The number of hydrogen-bond donors (Lipinski definition) is 2. The van der Waals surface area contributed by atoms with Crippen LogP contribution < -0.4 is 10.2 Å². The molecule has 0 atom stereocenters. The SMILES string of the molecule is CCNc1ccc([N+](=O)[O-])c(N2CCN(CCO)CC2)n1. The molecule has 1 aromatic heterocycles. The molecule has 1 aliphatic rings. The third kappa shape index (κ3) is 3.79. The first-order valence-electron chi connectivity index (χ1n) is 7.13. The van der Waals surface area contributed by atoms with E-state index in [-0.39, 0.29) is 12.3 Å². The second-order valence-electron chi connectivity index (χ2n) is 4.88. The lowest BCUT2D eigenvalue weighted by molar-refractivity contribution is -0.384. The molecule has 0 unspecified atom stereocenters. The number of β-amino-alcohol motifs (C(OH)–C–C–N with tert-alkyl or cyclic N) is 1. The Morgan fingerprint density at radius 1 is 1.38 bits per heavy atom. The summed E-state index contributed by atoms with van der Waals surface area (Å²) < 4.78 is 0. The average Bonchev–Trinajstić information content (AvgIpc) is 2.48. The zero-order valence-corrected chi connectivity index (χ0v) is 12.2. The highest BCUT2D eigenvalue weighted by Crippen LogP contribution is 2.28. The van der Waals surface area contributed by atoms with Gasteiger partial charge in [-0.1, -0.05) is 0 Å². The summed E-state index contributed by atoms with van der Waals surface area (Å²) in [4.78, 5) is 19.2. The summed E-state index contributed by atoms with van der Waals surface area (Å²) in [5.41, 5.74) is 0.0345. The quantitative estimate of drug-likeness (QED) is 0.584. The van der Waals surface area contributed by atoms with Gasteiger partial charge in [0, 0.05) is 45.3 Å². The van der Waals surface area contributed by atoms with Gasteiger partial charge in [0.25, 0.3) is 0 Å². The molecular weight excluding hydrogens is 274 g/mol. The van der Waals surface area contributed by atoms with Crippen molar-refractivity contribution in [2.24, 2.45) is 0 Å². The van der Waals surface area contributed by atoms with Gasteiger partial charge in [-0.05, 0) is 13.0 Å². The van der Waals surface area contributed by atoms with Gasteiger partial charge < -0.3 is 15.3 Å². The van der Waals surface area contributed by atoms with Crippen LogP contribution in [-0.2, 0) is 0 Å². The van der Waals surface area contributed by atoms with Crippen LogP contribution in [0, 0.1) is 10.1 Å². The summed E-state index contributed by atoms with van der Waals surface area (Å²) in [6, 6.07) is 3.13. The van der Waals surface area contributed by atoms with E-state index in [2.05, 4.69) is 15.2 Å². The van der Waals surface area contributed by atoms with Crippen LogP contribution in [0.3, 0.4) is 0 Å². The van der Waals surface area contributed by atoms with Gasteiger partial charge in [0.05, 0.1) is 11.5 Å². The number of nitrogens with zero attached hydrogens (tertiary/aromatic N) is 4. The molecule has 21 heavy (non-hydrogen) atoms. The van der Waals surface area contributed by atoms with Gasteiger partial charge in [-0.2, -0.15) is 0 Å². The molecule has 1 fully saturated rings. The molecule has 0 amide bonds. The number of anilines is 2. The molecule has 0 spiro atoms. The lowest BCUT2D eigenvalue weighted by Crippen LogP contribution is -2.47. The fourth-order valence-corrected chi connectivity index (χ4v) is 2.42. The Balaban J connectivity index is 2.17. The normalized spacial score (nSPS) is 16.0. The Bertz CT molecular complexity index is 489. The topological polar surface area (TPSA) is 94.8 Å². The van der Waals surface area contributed by atoms with Crippen molar-refractivity contribution in [1.29, 1.82) is 0 Å². The molecule has 8 nitrogen and oxygen atoms in total. The van der Waals surface area contributed by atoms with Crippen LogP contribution in [0.1, 0.15) is 6.92 Å². The van der Waals surface area contributed by atoms with Crippen LogP contribution in [0.2, 0.25) is 0 Å². The zero-order valence-electron chi connectivity index (χ0n) is 12.2. The van der Waals surface area contributed by atoms with E-state index in [1.165, 1.54) is 6.07 Å². The summed E-state index contributed by atoms with van der Waals surface area (Å²) in [5.74, 6) is 1.07. The smallest absolute Gasteiger partial charge is 0.311 e. The number of aliphatic hydroxyl groups is 1. The van der Waals surface area contributed by atoms with Gasteiger partial charge in [0.2, 0.25) is 5.82 Å². The number of rotatable bonds is 6. The summed E-state index contributed by atoms with van der Waals surface area (Å²) in [6.07, 6.45) is 0. The van der Waals surface area contributed by atoms with Crippen LogP contribution in [0.4, 0.5) is 17.3 Å². The average molecular weight is 295 g/mol. The maximum absolute atomic E-state index is 11.2. The van der Waals surface area contributed by atoms with E-state index in [0.717, 1.165) is 13.1 Å². The molecule has 2 heterocycles. The molecule has 2 rings (SSSR count). The maximum atomic E-state index is 11.2. The highest BCUT2D eigenvalue weighted by atomic mass is 16.6. The van der Waals surface area contributed by atoms with Gasteiger partial charge in [-0.3, -0.25) is 15.0 Å². The second kappa shape index (κ2) is 7.19. The Morgan fingerprint density at radius 2 is 2.10 bits per heavy atom. The standard InChI is InChI=1S/C13H21N5O3/c1-2-14-12-4-3-11(18(20)21)13(15-12)17-7-5-16(6-8-17)9-10-19/h3-4,19H,2,5-10H2,1H3,(H,14,15). The summed E-state index contributed by atoms with van der Waals surface area (Å²) in [5, 5.41) is 23.2.